The van der Waals surface area contributed by atoms with E-state index in [-0.39, 0.29) is 6.04 Å². The van der Waals surface area contributed by atoms with Crippen molar-refractivity contribution < 1.29 is 0 Å². The quantitative estimate of drug-likeness (QED) is 0.601. The molecule has 0 spiro atoms. The molecule has 14 heavy (non-hydrogen) atoms. The number of nitrogens with zero attached hydrogens (tertiary/aromatic N) is 1. The number of nitroso groups, excluding NO2 is 1. The van der Waals surface area contributed by atoms with Crippen molar-refractivity contribution in [3.05, 3.63) is 38.3 Å². The molecule has 0 aromatic heterocycles. The molecular formula is C11H14INO. The molecule has 2 nitrogen and oxygen atoms in total. The zero-order valence-electron chi connectivity index (χ0n) is 8.24. The van der Waals surface area contributed by atoms with Crippen LogP contribution in [0.2, 0.25) is 0 Å². The predicted molar refractivity (Wildman–Crippen MR) is 67.4 cm³/mol. The highest BCUT2D eigenvalue weighted by Crippen LogP contribution is 2.13. The van der Waals surface area contributed by atoms with Crippen molar-refractivity contribution in [2.24, 2.45) is 5.18 Å². The Bertz CT molecular complexity index is 301. The molecule has 1 atom stereocenters. The van der Waals surface area contributed by atoms with Crippen LogP contribution < -0.4 is 0 Å². The summed E-state index contributed by atoms with van der Waals surface area (Å²) in [5.41, 5.74) is 1.20. The van der Waals surface area contributed by atoms with Crippen molar-refractivity contribution in [3.8, 4) is 0 Å². The number of halogens is 1. The second-order valence-electron chi connectivity index (χ2n) is 3.38. The Morgan fingerprint density at radius 3 is 2.86 bits per heavy atom. The van der Waals surface area contributed by atoms with Gasteiger partial charge in [-0.2, -0.15) is 4.91 Å². The van der Waals surface area contributed by atoms with Gasteiger partial charge < -0.3 is 0 Å². The molecule has 0 radical (unpaired) electrons. The van der Waals surface area contributed by atoms with Crippen LogP contribution >= 0.6 is 22.6 Å². The van der Waals surface area contributed by atoms with E-state index in [0.29, 0.717) is 0 Å². The fraction of sp³-hybridized carbons (Fsp3) is 0.455. The maximum atomic E-state index is 10.5. The molecule has 0 amide bonds. The third kappa shape index (κ3) is 3.74. The molecule has 0 aliphatic heterocycles. The van der Waals surface area contributed by atoms with E-state index < -0.39 is 0 Å². The number of hydrogen-bond donors (Lipinski definition) is 0. The van der Waals surface area contributed by atoms with E-state index in [1.165, 1.54) is 9.13 Å². The second kappa shape index (κ2) is 6.11. The molecule has 0 aliphatic rings. The summed E-state index contributed by atoms with van der Waals surface area (Å²) in [4.78, 5) is 10.5. The van der Waals surface area contributed by atoms with Crippen LogP contribution in [-0.2, 0) is 6.42 Å². The Morgan fingerprint density at radius 1 is 1.50 bits per heavy atom. The first-order valence-electron chi connectivity index (χ1n) is 4.83. The molecule has 0 saturated carbocycles. The van der Waals surface area contributed by atoms with Crippen molar-refractivity contribution in [3.63, 3.8) is 0 Å². The van der Waals surface area contributed by atoms with Gasteiger partial charge in [0, 0.05) is 3.57 Å². The minimum atomic E-state index is -0.0572. The van der Waals surface area contributed by atoms with Crippen LogP contribution in [0.25, 0.3) is 0 Å². The van der Waals surface area contributed by atoms with Gasteiger partial charge in [-0.05, 0) is 53.1 Å². The zero-order chi connectivity index (χ0) is 10.4. The van der Waals surface area contributed by atoms with Crippen molar-refractivity contribution in [1.29, 1.82) is 0 Å². The average molecular weight is 303 g/mol. The van der Waals surface area contributed by atoms with Gasteiger partial charge in [-0.15, -0.1) is 0 Å². The van der Waals surface area contributed by atoms with Crippen LogP contribution in [0.3, 0.4) is 0 Å². The van der Waals surface area contributed by atoms with Gasteiger partial charge in [0.25, 0.3) is 0 Å². The molecule has 0 heterocycles. The summed E-state index contributed by atoms with van der Waals surface area (Å²) in [5.74, 6) is 0. The predicted octanol–water partition coefficient (Wildman–Crippen LogP) is 3.77. The van der Waals surface area contributed by atoms with Crippen molar-refractivity contribution >= 4 is 22.6 Å². The summed E-state index contributed by atoms with van der Waals surface area (Å²) in [6, 6.07) is 8.17. The molecular weight excluding hydrogens is 289 g/mol. The van der Waals surface area contributed by atoms with Gasteiger partial charge in [0.2, 0.25) is 0 Å². The number of benzene rings is 1. The second-order valence-corrected chi connectivity index (χ2v) is 4.63. The van der Waals surface area contributed by atoms with Gasteiger partial charge in [-0.25, -0.2) is 0 Å². The zero-order valence-corrected chi connectivity index (χ0v) is 10.4. The van der Waals surface area contributed by atoms with Crippen LogP contribution in [-0.4, -0.2) is 6.04 Å². The minimum absolute atomic E-state index is 0.0572. The summed E-state index contributed by atoms with van der Waals surface area (Å²) < 4.78 is 1.21. The lowest BCUT2D eigenvalue weighted by molar-refractivity contribution is 0.598. The Kier molecular flexibility index (Phi) is 5.07. The topological polar surface area (TPSA) is 29.4 Å². The first-order chi connectivity index (χ1) is 6.76. The molecule has 0 fully saturated rings. The SMILES string of the molecule is CCCC(Cc1cccc(I)c1)N=O. The van der Waals surface area contributed by atoms with Crippen molar-refractivity contribution in [2.45, 2.75) is 32.2 Å². The van der Waals surface area contributed by atoms with Crippen molar-refractivity contribution in [1.82, 2.24) is 0 Å². The molecule has 0 bridgehead atoms. The number of hydrogen-bond acceptors (Lipinski definition) is 2. The van der Waals surface area contributed by atoms with Crippen LogP contribution in [0.15, 0.2) is 29.4 Å². The lowest BCUT2D eigenvalue weighted by Crippen LogP contribution is -2.07. The monoisotopic (exact) mass is 303 g/mol. The summed E-state index contributed by atoms with van der Waals surface area (Å²) >= 11 is 2.28. The summed E-state index contributed by atoms with van der Waals surface area (Å²) in [5, 5.41) is 3.15. The van der Waals surface area contributed by atoms with E-state index in [4.69, 9.17) is 0 Å². The highest BCUT2D eigenvalue weighted by Gasteiger charge is 2.08. The third-order valence-corrected chi connectivity index (χ3v) is 2.80. The normalized spacial score (nSPS) is 12.4. The third-order valence-electron chi connectivity index (χ3n) is 2.13. The van der Waals surface area contributed by atoms with E-state index in [1.807, 2.05) is 12.1 Å². The van der Waals surface area contributed by atoms with Gasteiger partial charge in [-0.3, -0.25) is 0 Å². The van der Waals surface area contributed by atoms with E-state index in [0.717, 1.165) is 19.3 Å². The Balaban J connectivity index is 2.62. The van der Waals surface area contributed by atoms with Crippen LogP contribution in [0.5, 0.6) is 0 Å². The molecule has 1 aromatic carbocycles. The summed E-state index contributed by atoms with van der Waals surface area (Å²) in [6.07, 6.45) is 2.67. The first-order valence-corrected chi connectivity index (χ1v) is 5.91. The number of rotatable bonds is 5. The van der Waals surface area contributed by atoms with Gasteiger partial charge in [0.15, 0.2) is 0 Å². The van der Waals surface area contributed by atoms with Gasteiger partial charge >= 0.3 is 0 Å². The van der Waals surface area contributed by atoms with Gasteiger partial charge in [0.05, 0.1) is 6.04 Å². The molecule has 0 saturated heterocycles. The van der Waals surface area contributed by atoms with E-state index in [9.17, 15) is 4.91 Å². The smallest absolute Gasteiger partial charge is 0.0959 e. The Morgan fingerprint density at radius 2 is 2.29 bits per heavy atom. The summed E-state index contributed by atoms with van der Waals surface area (Å²) in [6.45, 7) is 2.08. The van der Waals surface area contributed by atoms with Gasteiger partial charge in [0.1, 0.15) is 0 Å². The Hall–Kier alpha value is -0.450. The first kappa shape index (κ1) is 11.6. The van der Waals surface area contributed by atoms with Crippen LogP contribution in [0.4, 0.5) is 0 Å². The fourth-order valence-electron chi connectivity index (χ4n) is 1.46. The van der Waals surface area contributed by atoms with E-state index in [2.05, 4.69) is 46.8 Å². The van der Waals surface area contributed by atoms with Crippen LogP contribution in [0, 0.1) is 8.48 Å². The Labute approximate surface area is 98.2 Å². The maximum Gasteiger partial charge on any atom is 0.0959 e. The molecule has 3 heteroatoms. The highest BCUT2D eigenvalue weighted by molar-refractivity contribution is 14.1. The largest absolute Gasteiger partial charge is 0.151 e. The molecule has 76 valence electrons. The van der Waals surface area contributed by atoms with Crippen molar-refractivity contribution in [2.75, 3.05) is 0 Å². The molecule has 1 aromatic rings. The summed E-state index contributed by atoms with van der Waals surface area (Å²) in [7, 11) is 0. The molecule has 0 aliphatic carbocycles. The molecule has 1 unspecified atom stereocenters. The van der Waals surface area contributed by atoms with E-state index >= 15 is 0 Å². The average Bonchev–Trinajstić information content (AvgIpc) is 2.17. The maximum absolute atomic E-state index is 10.5. The molecule has 0 N–H and O–H groups in total. The minimum Gasteiger partial charge on any atom is -0.151 e. The standard InChI is InChI=1S/C11H14INO/c1-2-4-11(13-14)8-9-5-3-6-10(12)7-9/h3,5-7,11H,2,4,8H2,1H3. The van der Waals surface area contributed by atoms with E-state index in [1.54, 1.807) is 0 Å². The molecule has 1 rings (SSSR count). The highest BCUT2D eigenvalue weighted by atomic mass is 127. The van der Waals surface area contributed by atoms with Gasteiger partial charge in [-0.1, -0.05) is 30.7 Å². The lowest BCUT2D eigenvalue weighted by Gasteiger charge is -2.07. The lowest BCUT2D eigenvalue weighted by atomic mass is 10.0. The van der Waals surface area contributed by atoms with Crippen LogP contribution in [0.1, 0.15) is 25.3 Å². The fourth-order valence-corrected chi connectivity index (χ4v) is 2.07.